The first-order valence-electron chi connectivity index (χ1n) is 15.7. The second-order valence-corrected chi connectivity index (χ2v) is 11.1. The highest BCUT2D eigenvalue weighted by molar-refractivity contribution is 5.78. The zero-order chi connectivity index (χ0) is 25.5. The van der Waals surface area contributed by atoms with E-state index in [0.29, 0.717) is 6.61 Å². The summed E-state index contributed by atoms with van der Waals surface area (Å²) in [6, 6.07) is 0. The van der Waals surface area contributed by atoms with Crippen LogP contribution in [0.2, 0.25) is 0 Å². The standard InChI is InChI=1S/C32H64O2/c1-7-13-17-19-21-23-28-32(12-6,30(33)34-29-24-22-20-18-14-8-2)31(25-11-5,26-15-9-3)27-16-10-4/h7-29H2,1-6H3. The van der Waals surface area contributed by atoms with Gasteiger partial charge in [0.25, 0.3) is 0 Å². The third kappa shape index (κ3) is 11.9. The third-order valence-electron chi connectivity index (χ3n) is 8.44. The SMILES string of the molecule is CCCCCCCCOC(=O)C(CC)(CCCCCCCC)C(CCC)(CCCC)CCCC. The Kier molecular flexibility index (Phi) is 21.4. The average Bonchev–Trinajstić information content (AvgIpc) is 2.85. The minimum absolute atomic E-state index is 0.101. The van der Waals surface area contributed by atoms with Gasteiger partial charge in [-0.2, -0.15) is 0 Å². The zero-order valence-corrected chi connectivity index (χ0v) is 24.6. The van der Waals surface area contributed by atoms with E-state index in [1.807, 2.05) is 0 Å². The number of unbranched alkanes of at least 4 members (excludes halogenated alkanes) is 12. The van der Waals surface area contributed by atoms with Crippen LogP contribution in [0.3, 0.4) is 0 Å². The molecule has 1 unspecified atom stereocenters. The lowest BCUT2D eigenvalue weighted by Crippen LogP contribution is -2.49. The molecule has 0 aliphatic heterocycles. The van der Waals surface area contributed by atoms with Crippen molar-refractivity contribution in [1.29, 1.82) is 0 Å². The van der Waals surface area contributed by atoms with Gasteiger partial charge in [-0.25, -0.2) is 0 Å². The fourth-order valence-electron chi connectivity index (χ4n) is 6.27. The molecule has 1 atom stereocenters. The summed E-state index contributed by atoms with van der Waals surface area (Å²) in [6.45, 7) is 14.4. The molecule has 0 amide bonds. The van der Waals surface area contributed by atoms with Crippen LogP contribution in [0.5, 0.6) is 0 Å². The predicted molar refractivity (Wildman–Crippen MR) is 151 cm³/mol. The van der Waals surface area contributed by atoms with Crippen molar-refractivity contribution in [3.63, 3.8) is 0 Å². The van der Waals surface area contributed by atoms with E-state index < -0.39 is 0 Å². The van der Waals surface area contributed by atoms with Gasteiger partial charge < -0.3 is 4.74 Å². The van der Waals surface area contributed by atoms with Gasteiger partial charge in [0, 0.05) is 0 Å². The van der Waals surface area contributed by atoms with E-state index in [0.717, 1.165) is 25.7 Å². The van der Waals surface area contributed by atoms with Crippen LogP contribution in [-0.4, -0.2) is 12.6 Å². The molecule has 0 aliphatic carbocycles. The molecule has 0 N–H and O–H groups in total. The van der Waals surface area contributed by atoms with E-state index in [2.05, 4.69) is 41.5 Å². The lowest BCUT2D eigenvalue weighted by atomic mass is 9.54. The number of esters is 1. The highest BCUT2D eigenvalue weighted by Crippen LogP contribution is 2.56. The normalized spacial score (nSPS) is 13.7. The smallest absolute Gasteiger partial charge is 0.312 e. The molecule has 0 saturated heterocycles. The highest BCUT2D eigenvalue weighted by atomic mass is 16.5. The van der Waals surface area contributed by atoms with Crippen LogP contribution >= 0.6 is 0 Å². The molecule has 2 nitrogen and oxygen atoms in total. The third-order valence-corrected chi connectivity index (χ3v) is 8.44. The topological polar surface area (TPSA) is 26.3 Å². The lowest BCUT2D eigenvalue weighted by molar-refractivity contribution is -0.170. The number of carbonyl (C=O) groups is 1. The molecule has 0 bridgehead atoms. The van der Waals surface area contributed by atoms with E-state index >= 15 is 0 Å². The first-order valence-corrected chi connectivity index (χ1v) is 15.7. The molecule has 204 valence electrons. The Bertz CT molecular complexity index is 450. The summed E-state index contributed by atoms with van der Waals surface area (Å²) < 4.78 is 6.17. The molecule has 0 spiro atoms. The van der Waals surface area contributed by atoms with Crippen molar-refractivity contribution in [2.24, 2.45) is 10.8 Å². The van der Waals surface area contributed by atoms with Crippen LogP contribution in [0.25, 0.3) is 0 Å². The molecular formula is C32H64O2. The van der Waals surface area contributed by atoms with E-state index in [-0.39, 0.29) is 16.8 Å². The van der Waals surface area contributed by atoms with Crippen molar-refractivity contribution >= 4 is 5.97 Å². The molecule has 0 aromatic rings. The van der Waals surface area contributed by atoms with Gasteiger partial charge in [-0.3, -0.25) is 4.79 Å². The Morgan fingerprint density at radius 3 is 1.44 bits per heavy atom. The monoisotopic (exact) mass is 480 g/mol. The summed E-state index contributed by atoms with van der Waals surface area (Å²) in [5.74, 6) is 0.151. The van der Waals surface area contributed by atoms with Crippen molar-refractivity contribution in [2.45, 2.75) is 183 Å². The Hall–Kier alpha value is -0.530. The summed E-state index contributed by atoms with van der Waals surface area (Å²) in [7, 11) is 0. The van der Waals surface area contributed by atoms with E-state index in [9.17, 15) is 4.79 Å². The zero-order valence-electron chi connectivity index (χ0n) is 24.6. The van der Waals surface area contributed by atoms with Crippen molar-refractivity contribution < 1.29 is 9.53 Å². The van der Waals surface area contributed by atoms with Crippen molar-refractivity contribution in [3.8, 4) is 0 Å². The second-order valence-electron chi connectivity index (χ2n) is 11.1. The molecule has 0 heterocycles. The molecule has 0 radical (unpaired) electrons. The summed E-state index contributed by atoms with van der Waals surface area (Å²) in [5, 5.41) is 0. The second kappa shape index (κ2) is 21.7. The van der Waals surface area contributed by atoms with Crippen molar-refractivity contribution in [2.75, 3.05) is 6.61 Å². The number of carbonyl (C=O) groups excluding carboxylic acids is 1. The molecule has 0 aromatic heterocycles. The molecule has 2 heteroatoms. The molecular weight excluding hydrogens is 416 g/mol. The predicted octanol–water partition coefficient (Wildman–Crippen LogP) is 11.2. The first-order chi connectivity index (χ1) is 16.5. The van der Waals surface area contributed by atoms with E-state index in [1.165, 1.54) is 116 Å². The van der Waals surface area contributed by atoms with Crippen LogP contribution in [0.15, 0.2) is 0 Å². The Morgan fingerprint density at radius 2 is 0.971 bits per heavy atom. The molecule has 0 saturated carbocycles. The minimum atomic E-state index is -0.305. The summed E-state index contributed by atoms with van der Waals surface area (Å²) in [6.07, 6.45) is 26.7. The van der Waals surface area contributed by atoms with Crippen molar-refractivity contribution in [1.82, 2.24) is 0 Å². The largest absolute Gasteiger partial charge is 0.465 e. The average molecular weight is 481 g/mol. The van der Waals surface area contributed by atoms with Crippen LogP contribution in [0, 0.1) is 10.8 Å². The van der Waals surface area contributed by atoms with Gasteiger partial charge in [-0.1, -0.05) is 144 Å². The van der Waals surface area contributed by atoms with Crippen molar-refractivity contribution in [3.05, 3.63) is 0 Å². The Labute approximate surface area is 215 Å². The van der Waals surface area contributed by atoms with Crippen LogP contribution in [0.1, 0.15) is 183 Å². The lowest BCUT2D eigenvalue weighted by Gasteiger charge is -2.50. The fourth-order valence-corrected chi connectivity index (χ4v) is 6.27. The number of rotatable bonds is 25. The van der Waals surface area contributed by atoms with Gasteiger partial charge in [0.2, 0.25) is 0 Å². The minimum Gasteiger partial charge on any atom is -0.465 e. The molecule has 0 aliphatic rings. The molecule has 0 aromatic carbocycles. The van der Waals surface area contributed by atoms with E-state index in [4.69, 9.17) is 4.74 Å². The van der Waals surface area contributed by atoms with Crippen LogP contribution < -0.4 is 0 Å². The fraction of sp³-hybridized carbons (Fsp3) is 0.969. The van der Waals surface area contributed by atoms with Crippen LogP contribution in [-0.2, 0) is 9.53 Å². The van der Waals surface area contributed by atoms with Gasteiger partial charge in [-0.05, 0) is 43.9 Å². The molecule has 0 rings (SSSR count). The maximum atomic E-state index is 14.0. The Balaban J connectivity index is 5.60. The number of hydrogen-bond donors (Lipinski definition) is 0. The van der Waals surface area contributed by atoms with E-state index in [1.54, 1.807) is 0 Å². The van der Waals surface area contributed by atoms with Gasteiger partial charge in [0.1, 0.15) is 0 Å². The summed E-state index contributed by atoms with van der Waals surface area (Å²) in [4.78, 5) is 14.0. The highest BCUT2D eigenvalue weighted by Gasteiger charge is 2.53. The van der Waals surface area contributed by atoms with Crippen LogP contribution in [0.4, 0.5) is 0 Å². The van der Waals surface area contributed by atoms with Gasteiger partial charge in [-0.15, -0.1) is 0 Å². The number of ether oxygens (including phenoxy) is 1. The molecule has 0 fully saturated rings. The number of hydrogen-bond acceptors (Lipinski definition) is 2. The quantitative estimate of drug-likeness (QED) is 0.0959. The summed E-state index contributed by atoms with van der Waals surface area (Å²) in [5.41, 5.74) is -0.204. The van der Waals surface area contributed by atoms with Gasteiger partial charge >= 0.3 is 5.97 Å². The molecule has 34 heavy (non-hydrogen) atoms. The van der Waals surface area contributed by atoms with Gasteiger partial charge in [0.15, 0.2) is 0 Å². The first kappa shape index (κ1) is 33.5. The maximum Gasteiger partial charge on any atom is 0.312 e. The maximum absolute atomic E-state index is 14.0. The summed E-state index contributed by atoms with van der Waals surface area (Å²) >= 11 is 0. The van der Waals surface area contributed by atoms with Gasteiger partial charge in [0.05, 0.1) is 12.0 Å². The Morgan fingerprint density at radius 1 is 0.500 bits per heavy atom.